The largest absolute Gasteiger partial charge is 0.508 e. The molecule has 0 aliphatic heterocycles. The maximum atomic E-state index is 11.7. The van der Waals surface area contributed by atoms with E-state index in [0.29, 0.717) is 5.56 Å². The Kier molecular flexibility index (Phi) is 5.04. The van der Waals surface area contributed by atoms with Gasteiger partial charge in [0.1, 0.15) is 17.1 Å². The standard InChI is InChI=1S/C17H26N2O4/c1-10(14-9-13(20)5-6-15(14)21)18-11-7-12(8-11)19-16(22)23-17(2,3)4/h5-6,9-12,18,20-21H,7-8H2,1-4H3,(H,19,22). The van der Waals surface area contributed by atoms with Gasteiger partial charge in [-0.2, -0.15) is 0 Å². The molecule has 0 heterocycles. The van der Waals surface area contributed by atoms with E-state index in [4.69, 9.17) is 4.74 Å². The van der Waals surface area contributed by atoms with Crippen molar-refractivity contribution < 1.29 is 19.7 Å². The van der Waals surface area contributed by atoms with Gasteiger partial charge in [0, 0.05) is 23.7 Å². The summed E-state index contributed by atoms with van der Waals surface area (Å²) >= 11 is 0. The summed E-state index contributed by atoms with van der Waals surface area (Å²) < 4.78 is 5.23. The van der Waals surface area contributed by atoms with Crippen LogP contribution in [0.5, 0.6) is 11.5 Å². The molecule has 0 saturated heterocycles. The molecule has 0 spiro atoms. The zero-order valence-electron chi connectivity index (χ0n) is 14.1. The maximum absolute atomic E-state index is 11.7. The Hall–Kier alpha value is -1.95. The second kappa shape index (κ2) is 6.66. The fraction of sp³-hybridized carbons (Fsp3) is 0.588. The molecule has 1 aliphatic rings. The van der Waals surface area contributed by atoms with E-state index < -0.39 is 5.60 Å². The van der Waals surface area contributed by atoms with Gasteiger partial charge in [0.05, 0.1) is 0 Å². The average molecular weight is 322 g/mol. The van der Waals surface area contributed by atoms with Crippen molar-refractivity contribution in [3.8, 4) is 11.5 Å². The van der Waals surface area contributed by atoms with Gasteiger partial charge in [-0.3, -0.25) is 0 Å². The van der Waals surface area contributed by atoms with Gasteiger partial charge in [0.25, 0.3) is 0 Å². The molecule has 6 heteroatoms. The summed E-state index contributed by atoms with van der Waals surface area (Å²) in [6.45, 7) is 7.44. The van der Waals surface area contributed by atoms with Crippen LogP contribution in [-0.2, 0) is 4.74 Å². The molecule has 1 aromatic carbocycles. The van der Waals surface area contributed by atoms with E-state index in [1.807, 2.05) is 27.7 Å². The highest BCUT2D eigenvalue weighted by Crippen LogP contribution is 2.30. The van der Waals surface area contributed by atoms with Gasteiger partial charge in [-0.1, -0.05) is 0 Å². The van der Waals surface area contributed by atoms with Crippen LogP contribution in [0.3, 0.4) is 0 Å². The van der Waals surface area contributed by atoms with Crippen molar-refractivity contribution in [1.29, 1.82) is 0 Å². The van der Waals surface area contributed by atoms with Crippen LogP contribution in [0.2, 0.25) is 0 Å². The first-order chi connectivity index (χ1) is 10.6. The predicted molar refractivity (Wildman–Crippen MR) is 87.5 cm³/mol. The van der Waals surface area contributed by atoms with Crippen LogP contribution in [0.15, 0.2) is 18.2 Å². The van der Waals surface area contributed by atoms with E-state index in [1.165, 1.54) is 12.1 Å². The van der Waals surface area contributed by atoms with E-state index in [9.17, 15) is 15.0 Å². The number of alkyl carbamates (subject to hydrolysis) is 1. The van der Waals surface area contributed by atoms with Gasteiger partial charge < -0.3 is 25.6 Å². The molecule has 1 aromatic rings. The third-order valence-corrected chi connectivity index (χ3v) is 3.82. The highest BCUT2D eigenvalue weighted by atomic mass is 16.6. The third-order valence-electron chi connectivity index (χ3n) is 3.82. The highest BCUT2D eigenvalue weighted by molar-refractivity contribution is 5.68. The second-order valence-electron chi connectivity index (χ2n) is 7.14. The maximum Gasteiger partial charge on any atom is 0.407 e. The number of ether oxygens (including phenoxy) is 1. The van der Waals surface area contributed by atoms with Gasteiger partial charge in [-0.15, -0.1) is 0 Å². The first-order valence-electron chi connectivity index (χ1n) is 7.91. The van der Waals surface area contributed by atoms with Crippen molar-refractivity contribution in [3.63, 3.8) is 0 Å². The normalized spacial score (nSPS) is 22.1. The lowest BCUT2D eigenvalue weighted by atomic mass is 9.86. The Morgan fingerprint density at radius 2 is 1.91 bits per heavy atom. The van der Waals surface area contributed by atoms with E-state index in [2.05, 4.69) is 10.6 Å². The number of carbonyl (C=O) groups is 1. The number of aromatic hydroxyl groups is 2. The molecule has 4 N–H and O–H groups in total. The summed E-state index contributed by atoms with van der Waals surface area (Å²) in [6.07, 6.45) is 1.23. The molecule has 1 amide bonds. The Morgan fingerprint density at radius 3 is 2.52 bits per heavy atom. The number of rotatable bonds is 4. The molecule has 1 atom stereocenters. The topological polar surface area (TPSA) is 90.8 Å². The summed E-state index contributed by atoms with van der Waals surface area (Å²) in [5.74, 6) is 0.287. The lowest BCUT2D eigenvalue weighted by Crippen LogP contribution is -2.53. The predicted octanol–water partition coefficient (Wildman–Crippen LogP) is 2.80. The molecular formula is C17H26N2O4. The number of benzene rings is 1. The average Bonchev–Trinajstić information content (AvgIpc) is 2.36. The minimum atomic E-state index is -0.493. The monoisotopic (exact) mass is 322 g/mol. The summed E-state index contributed by atoms with van der Waals surface area (Å²) in [5, 5.41) is 25.6. The van der Waals surface area contributed by atoms with Crippen LogP contribution in [0.25, 0.3) is 0 Å². The molecule has 1 unspecified atom stereocenters. The molecule has 0 radical (unpaired) electrons. The van der Waals surface area contributed by atoms with E-state index in [-0.39, 0.29) is 35.7 Å². The molecule has 0 bridgehead atoms. The number of carbonyl (C=O) groups excluding carboxylic acids is 1. The van der Waals surface area contributed by atoms with Gasteiger partial charge in [0.15, 0.2) is 0 Å². The van der Waals surface area contributed by atoms with Crippen LogP contribution in [0.4, 0.5) is 4.79 Å². The van der Waals surface area contributed by atoms with Gasteiger partial charge >= 0.3 is 6.09 Å². The minimum absolute atomic E-state index is 0.0884. The molecular weight excluding hydrogens is 296 g/mol. The molecule has 128 valence electrons. The van der Waals surface area contributed by atoms with Gasteiger partial charge in [-0.25, -0.2) is 4.79 Å². The van der Waals surface area contributed by atoms with Crippen molar-refractivity contribution in [2.24, 2.45) is 0 Å². The summed E-state index contributed by atoms with van der Waals surface area (Å²) in [7, 11) is 0. The van der Waals surface area contributed by atoms with Crippen LogP contribution in [0, 0.1) is 0 Å². The first-order valence-corrected chi connectivity index (χ1v) is 7.91. The fourth-order valence-corrected chi connectivity index (χ4v) is 2.68. The second-order valence-corrected chi connectivity index (χ2v) is 7.14. The van der Waals surface area contributed by atoms with E-state index in [0.717, 1.165) is 12.8 Å². The van der Waals surface area contributed by atoms with Crippen molar-refractivity contribution in [2.45, 2.75) is 64.3 Å². The summed E-state index contributed by atoms with van der Waals surface area (Å²) in [4.78, 5) is 11.7. The lowest BCUT2D eigenvalue weighted by molar-refractivity contribution is 0.0463. The van der Waals surface area contributed by atoms with E-state index in [1.54, 1.807) is 6.07 Å². The number of hydrogen-bond donors (Lipinski definition) is 4. The van der Waals surface area contributed by atoms with Crippen molar-refractivity contribution in [3.05, 3.63) is 23.8 Å². The quantitative estimate of drug-likeness (QED) is 0.640. The first kappa shape index (κ1) is 17.4. The Bertz CT molecular complexity index is 562. The van der Waals surface area contributed by atoms with Crippen molar-refractivity contribution in [1.82, 2.24) is 10.6 Å². The fourth-order valence-electron chi connectivity index (χ4n) is 2.68. The molecule has 2 rings (SSSR count). The third kappa shape index (κ3) is 5.03. The van der Waals surface area contributed by atoms with E-state index >= 15 is 0 Å². The summed E-state index contributed by atoms with van der Waals surface area (Å²) in [5.41, 5.74) is 0.167. The molecule has 6 nitrogen and oxygen atoms in total. The van der Waals surface area contributed by atoms with Crippen molar-refractivity contribution in [2.75, 3.05) is 0 Å². The smallest absolute Gasteiger partial charge is 0.407 e. The van der Waals surface area contributed by atoms with Crippen LogP contribution in [-0.4, -0.2) is 34.0 Å². The number of nitrogens with one attached hydrogen (secondary N) is 2. The molecule has 23 heavy (non-hydrogen) atoms. The Labute approximate surface area is 136 Å². The van der Waals surface area contributed by atoms with Gasteiger partial charge in [-0.05, 0) is 58.7 Å². The van der Waals surface area contributed by atoms with Gasteiger partial charge in [0.2, 0.25) is 0 Å². The highest BCUT2D eigenvalue weighted by Gasteiger charge is 2.32. The zero-order valence-corrected chi connectivity index (χ0v) is 14.1. The zero-order chi connectivity index (χ0) is 17.2. The Morgan fingerprint density at radius 1 is 1.26 bits per heavy atom. The molecule has 1 aliphatic carbocycles. The van der Waals surface area contributed by atoms with Crippen LogP contribution in [0.1, 0.15) is 52.1 Å². The SMILES string of the molecule is CC(NC1CC(NC(=O)OC(C)(C)C)C1)c1cc(O)ccc1O. The Balaban J connectivity index is 1.77. The number of phenolic OH excluding ortho intramolecular Hbond substituents is 2. The number of amides is 1. The number of phenols is 2. The summed E-state index contributed by atoms with van der Waals surface area (Å²) in [6, 6.07) is 4.77. The lowest BCUT2D eigenvalue weighted by Gasteiger charge is -2.38. The molecule has 0 aromatic heterocycles. The van der Waals surface area contributed by atoms with Crippen LogP contribution >= 0.6 is 0 Å². The van der Waals surface area contributed by atoms with Crippen molar-refractivity contribution >= 4 is 6.09 Å². The number of hydrogen-bond acceptors (Lipinski definition) is 5. The molecule has 1 fully saturated rings. The minimum Gasteiger partial charge on any atom is -0.508 e. The molecule has 1 saturated carbocycles. The van der Waals surface area contributed by atoms with Crippen LogP contribution < -0.4 is 10.6 Å².